The zero-order valence-electron chi connectivity index (χ0n) is 11.6. The Bertz CT molecular complexity index is 852. The van der Waals surface area contributed by atoms with Crippen LogP contribution in [0.2, 0.25) is 0 Å². The number of nitro benzene ring substituents is 1. The summed E-state index contributed by atoms with van der Waals surface area (Å²) >= 11 is 3.34. The fraction of sp³-hybridized carbons (Fsp3) is 0.0714. The summed E-state index contributed by atoms with van der Waals surface area (Å²) in [6, 6.07) is 7.81. The number of nitrogens with one attached hydrogen (secondary N) is 1. The number of hydrogen-bond acceptors (Lipinski definition) is 6. The molecule has 3 aromatic rings. The van der Waals surface area contributed by atoms with Crippen LogP contribution in [0.4, 0.5) is 5.69 Å². The Morgan fingerprint density at radius 3 is 2.96 bits per heavy atom. The van der Waals surface area contributed by atoms with Gasteiger partial charge in [0.25, 0.3) is 5.69 Å². The Labute approximate surface area is 138 Å². The summed E-state index contributed by atoms with van der Waals surface area (Å²) in [4.78, 5) is 18.6. The van der Waals surface area contributed by atoms with Gasteiger partial charge in [0.15, 0.2) is 11.6 Å². The number of nitro groups is 1. The molecule has 0 saturated heterocycles. The van der Waals surface area contributed by atoms with E-state index in [0.29, 0.717) is 17.4 Å². The number of H-pyrrole nitrogens is 1. The molecule has 2 aromatic heterocycles. The number of pyridine rings is 1. The second kappa shape index (κ2) is 6.53. The molecule has 0 bridgehead atoms. The second-order valence-electron chi connectivity index (χ2n) is 4.54. The molecule has 1 aromatic carbocycles. The highest BCUT2D eigenvalue weighted by Crippen LogP contribution is 2.21. The van der Waals surface area contributed by atoms with Crippen LogP contribution in [-0.2, 0) is 6.61 Å². The van der Waals surface area contributed by atoms with Gasteiger partial charge in [-0.25, -0.2) is 4.98 Å². The van der Waals surface area contributed by atoms with Gasteiger partial charge in [-0.3, -0.25) is 20.2 Å². The lowest BCUT2D eigenvalue weighted by molar-refractivity contribution is -0.384. The summed E-state index contributed by atoms with van der Waals surface area (Å²) in [5, 5.41) is 17.6. The largest absolute Gasteiger partial charge is 0.485 e. The Morgan fingerprint density at radius 1 is 1.30 bits per heavy atom. The molecule has 0 aliphatic heterocycles. The molecule has 0 fully saturated rings. The first-order valence-corrected chi connectivity index (χ1v) is 7.30. The molecule has 2 heterocycles. The van der Waals surface area contributed by atoms with Gasteiger partial charge in [0.2, 0.25) is 0 Å². The Hall–Kier alpha value is -2.81. The first kappa shape index (κ1) is 15.1. The molecule has 9 heteroatoms. The zero-order chi connectivity index (χ0) is 16.2. The molecule has 23 heavy (non-hydrogen) atoms. The van der Waals surface area contributed by atoms with Crippen molar-refractivity contribution in [2.24, 2.45) is 0 Å². The first-order valence-electron chi connectivity index (χ1n) is 6.51. The Kier molecular flexibility index (Phi) is 4.29. The third-order valence-electron chi connectivity index (χ3n) is 2.90. The minimum Gasteiger partial charge on any atom is -0.485 e. The summed E-state index contributed by atoms with van der Waals surface area (Å²) < 4.78 is 6.32. The normalized spacial score (nSPS) is 10.5. The lowest BCUT2D eigenvalue weighted by atomic mass is 10.3. The summed E-state index contributed by atoms with van der Waals surface area (Å²) in [5.41, 5.74) is 0.734. The van der Waals surface area contributed by atoms with Gasteiger partial charge in [0.05, 0.1) is 11.0 Å². The van der Waals surface area contributed by atoms with Crippen molar-refractivity contribution in [3.8, 4) is 17.1 Å². The van der Waals surface area contributed by atoms with Gasteiger partial charge < -0.3 is 4.74 Å². The molecule has 3 rings (SSSR count). The van der Waals surface area contributed by atoms with Crippen molar-refractivity contribution in [1.82, 2.24) is 20.2 Å². The van der Waals surface area contributed by atoms with Crippen LogP contribution in [0.15, 0.2) is 47.2 Å². The number of halogens is 1. The Morgan fingerprint density at radius 2 is 2.17 bits per heavy atom. The number of ether oxygens (including phenoxy) is 1. The van der Waals surface area contributed by atoms with Crippen LogP contribution >= 0.6 is 15.9 Å². The highest BCUT2D eigenvalue weighted by molar-refractivity contribution is 9.10. The van der Waals surface area contributed by atoms with Gasteiger partial charge in [-0.15, -0.1) is 0 Å². The van der Waals surface area contributed by atoms with Crippen LogP contribution in [0.5, 0.6) is 5.75 Å². The average molecular weight is 376 g/mol. The SMILES string of the molecule is O=[N+]([O-])c1cccc(OCc2nc(-c3cncc(Br)c3)n[nH]2)c1. The van der Waals surface area contributed by atoms with Crippen molar-refractivity contribution in [2.75, 3.05) is 0 Å². The summed E-state index contributed by atoms with van der Waals surface area (Å²) in [5.74, 6) is 1.39. The molecular weight excluding hydrogens is 366 g/mol. The number of aromatic nitrogens is 4. The van der Waals surface area contributed by atoms with E-state index in [1.807, 2.05) is 6.07 Å². The van der Waals surface area contributed by atoms with Gasteiger partial charge in [0.1, 0.15) is 12.4 Å². The van der Waals surface area contributed by atoms with Gasteiger partial charge in [-0.05, 0) is 28.1 Å². The quantitative estimate of drug-likeness (QED) is 0.542. The maximum absolute atomic E-state index is 10.7. The lowest BCUT2D eigenvalue weighted by Crippen LogP contribution is -1.98. The van der Waals surface area contributed by atoms with E-state index in [0.717, 1.165) is 10.0 Å². The smallest absolute Gasteiger partial charge is 0.273 e. The van der Waals surface area contributed by atoms with Crippen LogP contribution < -0.4 is 4.74 Å². The minimum atomic E-state index is -0.473. The predicted octanol–water partition coefficient (Wildman–Crippen LogP) is 3.12. The lowest BCUT2D eigenvalue weighted by Gasteiger charge is -2.03. The highest BCUT2D eigenvalue weighted by Gasteiger charge is 2.09. The summed E-state index contributed by atoms with van der Waals surface area (Å²) in [6.07, 6.45) is 3.32. The topological polar surface area (TPSA) is 107 Å². The van der Waals surface area contributed by atoms with Gasteiger partial charge in [-0.2, -0.15) is 5.10 Å². The molecule has 0 spiro atoms. The highest BCUT2D eigenvalue weighted by atomic mass is 79.9. The number of aromatic amines is 1. The van der Waals surface area contributed by atoms with E-state index >= 15 is 0 Å². The zero-order valence-corrected chi connectivity index (χ0v) is 13.2. The number of benzene rings is 1. The van der Waals surface area contributed by atoms with Gasteiger partial charge in [-0.1, -0.05) is 6.07 Å². The molecule has 1 N–H and O–H groups in total. The van der Waals surface area contributed by atoms with E-state index in [9.17, 15) is 10.1 Å². The van der Waals surface area contributed by atoms with Gasteiger partial charge in [0, 0.05) is 28.5 Å². The fourth-order valence-electron chi connectivity index (χ4n) is 1.86. The van der Waals surface area contributed by atoms with Crippen LogP contribution in [0.3, 0.4) is 0 Å². The van der Waals surface area contributed by atoms with E-state index in [1.54, 1.807) is 24.5 Å². The number of hydrogen-bond donors (Lipinski definition) is 1. The van der Waals surface area contributed by atoms with E-state index in [1.165, 1.54) is 12.1 Å². The minimum absolute atomic E-state index is 0.0269. The molecule has 0 aliphatic carbocycles. The van der Waals surface area contributed by atoms with Crippen molar-refractivity contribution >= 4 is 21.6 Å². The van der Waals surface area contributed by atoms with Crippen LogP contribution in [-0.4, -0.2) is 25.1 Å². The molecule has 0 saturated carbocycles. The Balaban J connectivity index is 1.70. The predicted molar refractivity (Wildman–Crippen MR) is 84.7 cm³/mol. The molecule has 0 atom stereocenters. The monoisotopic (exact) mass is 375 g/mol. The number of nitrogens with zero attached hydrogens (tertiary/aromatic N) is 4. The van der Waals surface area contributed by atoms with E-state index in [4.69, 9.17) is 4.74 Å². The third kappa shape index (κ3) is 3.69. The first-order chi connectivity index (χ1) is 11.1. The van der Waals surface area contributed by atoms with Crippen molar-refractivity contribution in [3.05, 3.63) is 63.1 Å². The second-order valence-corrected chi connectivity index (χ2v) is 5.46. The van der Waals surface area contributed by atoms with Gasteiger partial charge >= 0.3 is 0 Å². The molecule has 0 radical (unpaired) electrons. The maximum Gasteiger partial charge on any atom is 0.273 e. The molecule has 8 nitrogen and oxygen atoms in total. The number of non-ortho nitro benzene ring substituents is 1. The molecule has 0 amide bonds. The van der Waals surface area contributed by atoms with Crippen molar-refractivity contribution in [1.29, 1.82) is 0 Å². The van der Waals surface area contributed by atoms with E-state index in [-0.39, 0.29) is 12.3 Å². The molecule has 0 unspecified atom stereocenters. The number of rotatable bonds is 5. The van der Waals surface area contributed by atoms with Crippen LogP contribution in [0.25, 0.3) is 11.4 Å². The molecule has 116 valence electrons. The van der Waals surface area contributed by atoms with Crippen molar-refractivity contribution in [2.45, 2.75) is 6.61 Å². The maximum atomic E-state index is 10.7. The van der Waals surface area contributed by atoms with Crippen molar-refractivity contribution in [3.63, 3.8) is 0 Å². The third-order valence-corrected chi connectivity index (χ3v) is 3.33. The van der Waals surface area contributed by atoms with Crippen LogP contribution in [0, 0.1) is 10.1 Å². The summed E-state index contributed by atoms with van der Waals surface area (Å²) in [7, 11) is 0. The fourth-order valence-corrected chi connectivity index (χ4v) is 2.23. The average Bonchev–Trinajstić information content (AvgIpc) is 3.02. The van der Waals surface area contributed by atoms with E-state index < -0.39 is 4.92 Å². The van der Waals surface area contributed by atoms with Crippen LogP contribution in [0.1, 0.15) is 5.82 Å². The summed E-state index contributed by atoms with van der Waals surface area (Å²) in [6.45, 7) is 0.121. The van der Waals surface area contributed by atoms with E-state index in [2.05, 4.69) is 36.1 Å². The standard InChI is InChI=1S/C14H10BrN5O3/c15-10-4-9(6-16-7-10)14-17-13(18-19-14)8-23-12-3-1-2-11(5-12)20(21)22/h1-7H,8H2,(H,17,18,19). The van der Waals surface area contributed by atoms with Crippen molar-refractivity contribution < 1.29 is 9.66 Å². The molecule has 0 aliphatic rings. The molecular formula is C14H10BrN5O3.